The fourth-order valence-electron chi connectivity index (χ4n) is 9.68. The molecule has 1 aliphatic heterocycles. The van der Waals surface area contributed by atoms with E-state index in [-0.39, 0.29) is 5.92 Å². The molecule has 12 rings (SSSR count). The van der Waals surface area contributed by atoms with Crippen molar-refractivity contribution in [3.8, 4) is 0 Å². The second kappa shape index (κ2) is 10.5. The lowest BCUT2D eigenvalue weighted by molar-refractivity contribution is 0.670. The molecule has 0 N–H and O–H groups in total. The molecule has 3 nitrogen and oxygen atoms in total. The molecule has 1 atom stereocenters. The van der Waals surface area contributed by atoms with Gasteiger partial charge in [0.05, 0.1) is 33.3 Å². The molecular weight excluding hydrogens is 631 g/mol. The SMILES string of the molecule is c1ccc2c(c1)/N=C(/n1c3ccc4ccccc4c3c3c4c5ccccc5n5c6ccccc6c(cc31)c45)CCCC2c1ccc2ccccc2c1. The minimum atomic E-state index is 0.288. The number of rotatable bonds is 1. The average Bonchev–Trinajstić information content (AvgIpc) is 3.83. The molecule has 52 heavy (non-hydrogen) atoms. The van der Waals surface area contributed by atoms with Crippen molar-refractivity contribution in [2.75, 3.05) is 0 Å². The van der Waals surface area contributed by atoms with Crippen LogP contribution in [-0.4, -0.2) is 14.8 Å². The second-order valence-corrected chi connectivity index (χ2v) is 14.6. The zero-order chi connectivity index (χ0) is 33.9. The third-order valence-electron chi connectivity index (χ3n) is 11.9. The van der Waals surface area contributed by atoms with E-state index in [0.717, 1.165) is 30.8 Å². The van der Waals surface area contributed by atoms with E-state index in [1.165, 1.54) is 92.6 Å². The monoisotopic (exact) mass is 663 g/mol. The van der Waals surface area contributed by atoms with Crippen LogP contribution in [0.3, 0.4) is 0 Å². The predicted molar refractivity (Wildman–Crippen MR) is 220 cm³/mol. The van der Waals surface area contributed by atoms with Crippen molar-refractivity contribution in [2.45, 2.75) is 25.2 Å². The number of para-hydroxylation sites is 3. The number of nitrogens with zero attached hydrogens (tertiary/aromatic N) is 3. The summed E-state index contributed by atoms with van der Waals surface area (Å²) in [4.78, 5) is 5.68. The molecule has 0 aliphatic carbocycles. The zero-order valence-corrected chi connectivity index (χ0v) is 28.6. The molecule has 8 aromatic carbocycles. The molecule has 3 heteroatoms. The molecule has 0 saturated carbocycles. The summed E-state index contributed by atoms with van der Waals surface area (Å²) >= 11 is 0. The van der Waals surface area contributed by atoms with Gasteiger partial charge in [-0.3, -0.25) is 4.57 Å². The van der Waals surface area contributed by atoms with E-state index >= 15 is 0 Å². The van der Waals surface area contributed by atoms with Crippen molar-refractivity contribution in [1.29, 1.82) is 0 Å². The zero-order valence-electron chi connectivity index (χ0n) is 28.6. The maximum absolute atomic E-state index is 5.68. The number of hydrogen-bond acceptors (Lipinski definition) is 1. The van der Waals surface area contributed by atoms with Crippen LogP contribution in [0.25, 0.3) is 81.4 Å². The van der Waals surface area contributed by atoms with Crippen molar-refractivity contribution in [2.24, 2.45) is 4.99 Å². The van der Waals surface area contributed by atoms with Gasteiger partial charge in [0, 0.05) is 44.7 Å². The molecule has 0 spiro atoms. The van der Waals surface area contributed by atoms with Gasteiger partial charge in [0.1, 0.15) is 5.84 Å². The van der Waals surface area contributed by atoms with Crippen molar-refractivity contribution >= 4 is 93.0 Å². The highest BCUT2D eigenvalue weighted by atomic mass is 15.1. The first-order chi connectivity index (χ1) is 25.8. The smallest absolute Gasteiger partial charge is 0.114 e. The standard InChI is InChI=1S/C49H33N3/c1-2-14-32-28-33(25-24-30(32)12-1)34-19-11-23-45(50-40-20-8-5-16-36(34)40)51-43-27-26-31-13-3-4-15-35(31)46(43)48-44(51)29-39-37-17-6-9-21-41(37)52-42-22-10-7-18-38(42)47(48)49(39)52/h1-10,12-18,20-22,24-29,34H,11,19,23H2/b50-45+. The molecule has 0 amide bonds. The first-order valence-corrected chi connectivity index (χ1v) is 18.5. The van der Waals surface area contributed by atoms with Crippen LogP contribution in [0.2, 0.25) is 0 Å². The highest BCUT2D eigenvalue weighted by molar-refractivity contribution is 6.39. The first-order valence-electron chi connectivity index (χ1n) is 18.5. The average molecular weight is 664 g/mol. The Kier molecular flexibility index (Phi) is 5.73. The fraction of sp³-hybridized carbons (Fsp3) is 0.0816. The Bertz CT molecular complexity index is 3280. The Labute approximate surface area is 300 Å². The van der Waals surface area contributed by atoms with E-state index in [2.05, 4.69) is 167 Å². The largest absolute Gasteiger partial charge is 0.308 e. The van der Waals surface area contributed by atoms with Crippen molar-refractivity contribution in [1.82, 2.24) is 8.97 Å². The van der Waals surface area contributed by atoms with Gasteiger partial charge in [-0.25, -0.2) is 4.99 Å². The third-order valence-corrected chi connectivity index (χ3v) is 11.9. The Hall–Kier alpha value is -6.45. The van der Waals surface area contributed by atoms with Crippen LogP contribution in [0.1, 0.15) is 36.3 Å². The second-order valence-electron chi connectivity index (χ2n) is 14.6. The fourth-order valence-corrected chi connectivity index (χ4v) is 9.68. The summed E-state index contributed by atoms with van der Waals surface area (Å²) in [6, 6.07) is 58.4. The van der Waals surface area contributed by atoms with Gasteiger partial charge in [-0.1, -0.05) is 127 Å². The minimum Gasteiger partial charge on any atom is -0.308 e. The number of benzene rings is 8. The van der Waals surface area contributed by atoms with Crippen molar-refractivity contribution in [3.05, 3.63) is 169 Å². The quantitative estimate of drug-likeness (QED) is 0.167. The summed E-state index contributed by atoms with van der Waals surface area (Å²) in [5, 5.41) is 13.0. The predicted octanol–water partition coefficient (Wildman–Crippen LogP) is 13.1. The van der Waals surface area contributed by atoms with E-state index in [0.29, 0.717) is 0 Å². The van der Waals surface area contributed by atoms with E-state index in [1.54, 1.807) is 0 Å². The van der Waals surface area contributed by atoms with Gasteiger partial charge in [-0.15, -0.1) is 0 Å². The van der Waals surface area contributed by atoms with Gasteiger partial charge < -0.3 is 4.40 Å². The molecule has 0 fully saturated rings. The Morgan fingerprint density at radius 3 is 2.06 bits per heavy atom. The van der Waals surface area contributed by atoms with Crippen LogP contribution in [0.4, 0.5) is 5.69 Å². The van der Waals surface area contributed by atoms with Gasteiger partial charge in [-0.05, 0) is 75.8 Å². The maximum Gasteiger partial charge on any atom is 0.114 e. The number of aliphatic imine (C=N–C) groups is 1. The van der Waals surface area contributed by atoms with Crippen LogP contribution in [-0.2, 0) is 0 Å². The third kappa shape index (κ3) is 3.77. The normalized spacial score (nSPS) is 16.4. The van der Waals surface area contributed by atoms with Crippen molar-refractivity contribution < 1.29 is 0 Å². The molecule has 1 aliphatic rings. The summed E-state index contributed by atoms with van der Waals surface area (Å²) in [5.41, 5.74) is 10.0. The van der Waals surface area contributed by atoms with E-state index in [4.69, 9.17) is 4.99 Å². The Morgan fingerprint density at radius 1 is 0.481 bits per heavy atom. The Morgan fingerprint density at radius 2 is 1.17 bits per heavy atom. The molecule has 0 saturated heterocycles. The van der Waals surface area contributed by atoms with E-state index in [1.807, 2.05) is 0 Å². The molecule has 0 radical (unpaired) electrons. The molecule has 4 heterocycles. The van der Waals surface area contributed by atoms with E-state index in [9.17, 15) is 0 Å². The molecule has 1 unspecified atom stereocenters. The van der Waals surface area contributed by atoms with Crippen LogP contribution >= 0.6 is 0 Å². The van der Waals surface area contributed by atoms with Gasteiger partial charge in [0.25, 0.3) is 0 Å². The lowest BCUT2D eigenvalue weighted by Crippen LogP contribution is -2.15. The first kappa shape index (κ1) is 28.3. The maximum atomic E-state index is 5.68. The van der Waals surface area contributed by atoms with Crippen LogP contribution < -0.4 is 0 Å². The summed E-state index contributed by atoms with van der Waals surface area (Å²) < 4.78 is 5.02. The molecular formula is C49H33N3. The summed E-state index contributed by atoms with van der Waals surface area (Å²) in [6.07, 6.45) is 2.98. The van der Waals surface area contributed by atoms with Crippen molar-refractivity contribution in [3.63, 3.8) is 0 Å². The summed E-state index contributed by atoms with van der Waals surface area (Å²) in [6.45, 7) is 0. The van der Waals surface area contributed by atoms with Gasteiger partial charge in [0.15, 0.2) is 0 Å². The van der Waals surface area contributed by atoms with Gasteiger partial charge in [-0.2, -0.15) is 0 Å². The van der Waals surface area contributed by atoms with Crippen LogP contribution in [0, 0.1) is 0 Å². The number of fused-ring (bicyclic) bond motifs is 14. The highest BCUT2D eigenvalue weighted by Crippen LogP contribution is 2.48. The topological polar surface area (TPSA) is 21.7 Å². The van der Waals surface area contributed by atoms with Gasteiger partial charge >= 0.3 is 0 Å². The summed E-state index contributed by atoms with van der Waals surface area (Å²) in [5.74, 6) is 1.40. The van der Waals surface area contributed by atoms with E-state index < -0.39 is 0 Å². The lowest BCUT2D eigenvalue weighted by atomic mass is 9.84. The van der Waals surface area contributed by atoms with Crippen LogP contribution in [0.5, 0.6) is 0 Å². The molecule has 0 bridgehead atoms. The summed E-state index contributed by atoms with van der Waals surface area (Å²) in [7, 11) is 0. The Balaban J connectivity index is 1.20. The minimum absolute atomic E-state index is 0.288. The van der Waals surface area contributed by atoms with Gasteiger partial charge in [0.2, 0.25) is 0 Å². The molecule has 244 valence electrons. The number of hydrogen-bond donors (Lipinski definition) is 0. The lowest BCUT2D eigenvalue weighted by Gasteiger charge is -2.24. The number of aromatic nitrogens is 2. The van der Waals surface area contributed by atoms with Crippen LogP contribution in [0.15, 0.2) is 163 Å². The molecule has 11 aromatic rings. The molecule has 3 aromatic heterocycles. The highest BCUT2D eigenvalue weighted by Gasteiger charge is 2.27.